The Morgan fingerprint density at radius 2 is 1.75 bits per heavy atom. The monoisotopic (exact) mass is 472 g/mol. The molecular formula is C24H25ClN2O4S. The lowest BCUT2D eigenvalue weighted by Gasteiger charge is -2.15. The molecule has 0 saturated carbocycles. The lowest BCUT2D eigenvalue weighted by molar-refractivity contribution is -0.126. The summed E-state index contributed by atoms with van der Waals surface area (Å²) in [6.07, 6.45) is 0. The number of carbonyl (C=O) groups is 2. The van der Waals surface area contributed by atoms with E-state index in [4.69, 9.17) is 16.4 Å². The molecule has 0 radical (unpaired) electrons. The second kappa shape index (κ2) is 12.0. The first-order valence-electron chi connectivity index (χ1n) is 9.58. The van der Waals surface area contributed by atoms with Crippen LogP contribution in [-0.4, -0.2) is 43.6 Å². The van der Waals surface area contributed by atoms with Crippen LogP contribution in [0.25, 0.3) is 11.1 Å². The molecule has 0 aliphatic rings. The van der Waals surface area contributed by atoms with Crippen molar-refractivity contribution in [3.8, 4) is 16.9 Å². The van der Waals surface area contributed by atoms with E-state index in [0.29, 0.717) is 16.9 Å². The Hall–Kier alpha value is -3.16. The van der Waals surface area contributed by atoms with Gasteiger partial charge in [-0.2, -0.15) is 0 Å². The quantitative estimate of drug-likeness (QED) is 0.357. The van der Waals surface area contributed by atoms with Gasteiger partial charge in [0, 0.05) is 25.3 Å². The fourth-order valence-electron chi connectivity index (χ4n) is 2.69. The Kier molecular flexibility index (Phi) is 9.43. The van der Waals surface area contributed by atoms with E-state index in [9.17, 15) is 9.90 Å². The molecule has 0 unspecified atom stereocenters. The number of carbonyl (C=O) groups excluding carboxylic acids is 2. The van der Waals surface area contributed by atoms with E-state index >= 15 is 0 Å². The Labute approximate surface area is 197 Å². The number of methoxy groups -OCH3 is 1. The molecule has 8 heteroatoms. The van der Waals surface area contributed by atoms with Crippen LogP contribution in [0.1, 0.15) is 15.9 Å². The van der Waals surface area contributed by atoms with Gasteiger partial charge in [0.15, 0.2) is 0 Å². The molecule has 0 heterocycles. The van der Waals surface area contributed by atoms with Crippen LogP contribution < -0.4 is 4.72 Å². The highest BCUT2D eigenvalue weighted by molar-refractivity contribution is 8.00. The minimum absolute atomic E-state index is 0.0497. The van der Waals surface area contributed by atoms with Crippen molar-refractivity contribution in [1.29, 1.82) is 0 Å². The maximum absolute atomic E-state index is 12.2. The van der Waals surface area contributed by atoms with E-state index in [1.165, 1.54) is 30.0 Å². The zero-order valence-corrected chi connectivity index (χ0v) is 19.8. The van der Waals surface area contributed by atoms with Gasteiger partial charge in [0.25, 0.3) is 12.4 Å². The SMILES string of the molecule is COC=O.Cc1ccc(-c2ccccc2)cc1NSc1cc(C(=O)N(C)C)cc(Cl)c1O. The number of benzene rings is 3. The van der Waals surface area contributed by atoms with E-state index in [1.54, 1.807) is 20.2 Å². The molecular weight excluding hydrogens is 448 g/mol. The van der Waals surface area contributed by atoms with Crippen LogP contribution in [0.2, 0.25) is 5.02 Å². The lowest BCUT2D eigenvalue weighted by atomic mass is 10.0. The molecule has 0 atom stereocenters. The van der Waals surface area contributed by atoms with Gasteiger partial charge in [-0.15, -0.1) is 0 Å². The van der Waals surface area contributed by atoms with Crippen LogP contribution in [0.15, 0.2) is 65.6 Å². The summed E-state index contributed by atoms with van der Waals surface area (Å²) in [5.74, 6) is -0.225. The first-order chi connectivity index (χ1) is 15.3. The predicted octanol–water partition coefficient (Wildman–Crippen LogP) is 5.63. The van der Waals surface area contributed by atoms with Crippen LogP contribution in [0.5, 0.6) is 5.75 Å². The zero-order valence-electron chi connectivity index (χ0n) is 18.3. The molecule has 0 aliphatic carbocycles. The van der Waals surface area contributed by atoms with Gasteiger partial charge < -0.3 is 19.5 Å². The Morgan fingerprint density at radius 1 is 1.09 bits per heavy atom. The Bertz CT molecular complexity index is 1080. The van der Waals surface area contributed by atoms with Gasteiger partial charge in [-0.25, -0.2) is 0 Å². The van der Waals surface area contributed by atoms with Crippen LogP contribution in [-0.2, 0) is 9.53 Å². The number of nitrogens with zero attached hydrogens (tertiary/aromatic N) is 1. The zero-order chi connectivity index (χ0) is 23.7. The molecule has 0 saturated heterocycles. The Balaban J connectivity index is 0.000000837. The van der Waals surface area contributed by atoms with Gasteiger partial charge in [-0.05, 0) is 53.8 Å². The normalized spacial score (nSPS) is 9.91. The van der Waals surface area contributed by atoms with E-state index < -0.39 is 0 Å². The highest BCUT2D eigenvalue weighted by atomic mass is 35.5. The molecule has 0 aliphatic heterocycles. The summed E-state index contributed by atoms with van der Waals surface area (Å²) in [5.41, 5.74) is 4.63. The van der Waals surface area contributed by atoms with E-state index in [1.807, 2.05) is 31.2 Å². The minimum Gasteiger partial charge on any atom is -0.505 e. The summed E-state index contributed by atoms with van der Waals surface area (Å²) < 4.78 is 7.14. The Morgan fingerprint density at radius 3 is 2.34 bits per heavy atom. The number of halogens is 1. The van der Waals surface area contributed by atoms with Crippen molar-refractivity contribution >= 4 is 41.6 Å². The number of rotatable bonds is 6. The van der Waals surface area contributed by atoms with Gasteiger partial charge >= 0.3 is 0 Å². The second-order valence-electron chi connectivity index (χ2n) is 6.94. The van der Waals surface area contributed by atoms with Gasteiger partial charge in [0.1, 0.15) is 5.75 Å². The van der Waals surface area contributed by atoms with Crippen LogP contribution in [0, 0.1) is 6.92 Å². The largest absolute Gasteiger partial charge is 0.505 e. The molecule has 3 aromatic carbocycles. The van der Waals surface area contributed by atoms with E-state index in [2.05, 4.69) is 33.7 Å². The van der Waals surface area contributed by atoms with Crippen LogP contribution >= 0.6 is 23.5 Å². The molecule has 168 valence electrons. The summed E-state index contributed by atoms with van der Waals surface area (Å²) in [7, 11) is 4.66. The number of anilines is 1. The highest BCUT2D eigenvalue weighted by Gasteiger charge is 2.16. The van der Waals surface area contributed by atoms with Crippen molar-refractivity contribution in [3.05, 3.63) is 76.8 Å². The van der Waals surface area contributed by atoms with Crippen molar-refractivity contribution in [1.82, 2.24) is 4.90 Å². The molecule has 0 fully saturated rings. The molecule has 2 N–H and O–H groups in total. The summed E-state index contributed by atoms with van der Waals surface area (Å²) in [6.45, 7) is 2.39. The smallest absolute Gasteiger partial charge is 0.292 e. The number of amides is 1. The second-order valence-corrected chi connectivity index (χ2v) is 8.19. The fraction of sp³-hybridized carbons (Fsp3) is 0.167. The number of aryl methyl sites for hydroxylation is 1. The molecule has 0 bridgehead atoms. The molecule has 0 spiro atoms. The molecule has 32 heavy (non-hydrogen) atoms. The van der Waals surface area contributed by atoms with Crippen LogP contribution in [0.3, 0.4) is 0 Å². The fourth-order valence-corrected chi connectivity index (χ4v) is 3.79. The first kappa shape index (κ1) is 25.1. The summed E-state index contributed by atoms with van der Waals surface area (Å²) in [5, 5.41) is 10.4. The van der Waals surface area contributed by atoms with Gasteiger partial charge in [0.2, 0.25) is 0 Å². The van der Waals surface area contributed by atoms with Crippen LogP contribution in [0.4, 0.5) is 5.69 Å². The van der Waals surface area contributed by atoms with E-state index in [-0.39, 0.29) is 16.7 Å². The number of ether oxygens (including phenoxy) is 1. The molecule has 3 aromatic rings. The number of nitrogens with one attached hydrogen (secondary N) is 1. The lowest BCUT2D eigenvalue weighted by Crippen LogP contribution is -2.21. The summed E-state index contributed by atoms with van der Waals surface area (Å²) in [6, 6.07) is 19.4. The number of aromatic hydroxyl groups is 1. The number of phenolic OH excluding ortho intramolecular Hbond substituents is 1. The van der Waals surface area contributed by atoms with Gasteiger partial charge in [-0.1, -0.05) is 54.1 Å². The number of hydrogen-bond donors (Lipinski definition) is 2. The van der Waals surface area contributed by atoms with Gasteiger partial charge in [-0.3, -0.25) is 9.59 Å². The third kappa shape index (κ3) is 6.67. The number of phenols is 1. The van der Waals surface area contributed by atoms with Crippen molar-refractivity contribution < 1.29 is 19.4 Å². The minimum atomic E-state index is -0.175. The van der Waals surface area contributed by atoms with Crippen molar-refractivity contribution in [3.63, 3.8) is 0 Å². The topological polar surface area (TPSA) is 78.9 Å². The average molecular weight is 473 g/mol. The summed E-state index contributed by atoms with van der Waals surface area (Å²) in [4.78, 5) is 23.2. The maximum atomic E-state index is 12.2. The van der Waals surface area contributed by atoms with Crippen molar-refractivity contribution in [2.75, 3.05) is 25.9 Å². The van der Waals surface area contributed by atoms with Crippen molar-refractivity contribution in [2.24, 2.45) is 0 Å². The summed E-state index contributed by atoms with van der Waals surface area (Å²) >= 11 is 7.34. The maximum Gasteiger partial charge on any atom is 0.292 e. The molecule has 0 aromatic heterocycles. The molecule has 1 amide bonds. The molecule has 3 rings (SSSR count). The third-order valence-electron chi connectivity index (χ3n) is 4.39. The van der Waals surface area contributed by atoms with E-state index in [0.717, 1.165) is 22.4 Å². The highest BCUT2D eigenvalue weighted by Crippen LogP contribution is 2.37. The third-order valence-corrected chi connectivity index (χ3v) is 5.53. The first-order valence-corrected chi connectivity index (χ1v) is 10.8. The molecule has 6 nitrogen and oxygen atoms in total. The van der Waals surface area contributed by atoms with Crippen molar-refractivity contribution in [2.45, 2.75) is 11.8 Å². The van der Waals surface area contributed by atoms with Gasteiger partial charge in [0.05, 0.1) is 17.0 Å². The standard InChI is InChI=1S/C22H21ClN2O2S.C2H4O2/c1-14-9-10-16(15-7-5-4-6-8-15)12-19(14)24-28-20-13-17(22(27)25(2)3)11-18(23)21(20)26;1-4-2-3/h4-13,24,26H,1-3H3;2H,1H3. The average Bonchev–Trinajstić information content (AvgIpc) is 2.81. The number of hydrogen-bond acceptors (Lipinski definition) is 6. The predicted molar refractivity (Wildman–Crippen MR) is 130 cm³/mol.